The Morgan fingerprint density at radius 1 is 1.06 bits per heavy atom. The van der Waals surface area contributed by atoms with Gasteiger partial charge in [0.1, 0.15) is 0 Å². The van der Waals surface area contributed by atoms with E-state index in [9.17, 15) is 9.50 Å². The third-order valence-electron chi connectivity index (χ3n) is 5.55. The third-order valence-corrected chi connectivity index (χ3v) is 5.55. The normalized spacial score (nSPS) is 12.5. The molecule has 6 heteroatoms. The summed E-state index contributed by atoms with van der Waals surface area (Å²) in [6.07, 6.45) is 2.46. The Hall–Kier alpha value is -2.70. The summed E-state index contributed by atoms with van der Waals surface area (Å²) in [6, 6.07) is 16.1. The zero-order valence-electron chi connectivity index (χ0n) is 20.2. The van der Waals surface area contributed by atoms with Crippen molar-refractivity contribution in [2.24, 2.45) is 5.92 Å². The molecule has 1 heterocycles. The van der Waals surface area contributed by atoms with E-state index in [1.807, 2.05) is 37.3 Å². The molecule has 0 spiro atoms. The van der Waals surface area contributed by atoms with Gasteiger partial charge in [-0.05, 0) is 43.5 Å². The lowest BCUT2D eigenvalue weighted by molar-refractivity contribution is 0.0927. The van der Waals surface area contributed by atoms with Crippen molar-refractivity contribution < 1.29 is 14.2 Å². The summed E-state index contributed by atoms with van der Waals surface area (Å²) in [5.41, 5.74) is 2.56. The van der Waals surface area contributed by atoms with Crippen LogP contribution in [0.4, 0.5) is 4.39 Å². The number of halogens is 1. The number of rotatable bonds is 12. The molecule has 0 bridgehead atoms. The van der Waals surface area contributed by atoms with Gasteiger partial charge in [-0.15, -0.1) is 0 Å². The number of hydrogen-bond acceptors (Lipinski definition) is 4. The van der Waals surface area contributed by atoms with Crippen molar-refractivity contribution in [2.75, 3.05) is 13.1 Å². The van der Waals surface area contributed by atoms with Gasteiger partial charge in [0.25, 0.3) is 0 Å². The molecule has 3 rings (SSSR count). The molecule has 0 radical (unpaired) electrons. The fourth-order valence-electron chi connectivity index (χ4n) is 3.97. The standard InChI is InChI=1S/C27H36FN3O2/c1-5-6-14-23(32)18-30(17-20(2)3)19-24-21(4)29-31(22-12-8-7-9-13-22)27(24)33-26-16-11-10-15-25(26)28/h7-13,15-16,20,23,32H,5-6,14,17-19H2,1-4H3/t23-/m1/s1. The highest BCUT2D eigenvalue weighted by Gasteiger charge is 2.23. The molecule has 178 valence electrons. The minimum atomic E-state index is -0.420. The van der Waals surface area contributed by atoms with E-state index in [0.717, 1.165) is 42.8 Å². The van der Waals surface area contributed by atoms with Crippen molar-refractivity contribution in [1.29, 1.82) is 0 Å². The minimum Gasteiger partial charge on any atom is -0.435 e. The first kappa shape index (κ1) is 24.9. The summed E-state index contributed by atoms with van der Waals surface area (Å²) < 4.78 is 22.4. The second-order valence-electron chi connectivity index (χ2n) is 9.03. The lowest BCUT2D eigenvalue weighted by Gasteiger charge is -2.27. The van der Waals surface area contributed by atoms with E-state index in [1.165, 1.54) is 6.07 Å². The van der Waals surface area contributed by atoms with Gasteiger partial charge in [0.05, 0.1) is 23.0 Å². The van der Waals surface area contributed by atoms with Crippen molar-refractivity contribution >= 4 is 0 Å². The summed E-state index contributed by atoms with van der Waals surface area (Å²) in [5, 5.41) is 15.3. The average molecular weight is 454 g/mol. The van der Waals surface area contributed by atoms with Gasteiger partial charge in [0, 0.05) is 19.6 Å². The summed E-state index contributed by atoms with van der Waals surface area (Å²) in [4.78, 5) is 2.25. The van der Waals surface area contributed by atoms with Crippen LogP contribution in [0.5, 0.6) is 11.6 Å². The molecule has 1 aromatic heterocycles. The molecular formula is C27H36FN3O2. The molecule has 5 nitrogen and oxygen atoms in total. The van der Waals surface area contributed by atoms with E-state index in [4.69, 9.17) is 9.84 Å². The summed E-state index contributed by atoms with van der Waals surface area (Å²) in [5.74, 6) is 0.676. The number of benzene rings is 2. The fraction of sp³-hybridized carbons (Fsp3) is 0.444. The van der Waals surface area contributed by atoms with Crippen LogP contribution in [0.1, 0.15) is 51.3 Å². The molecule has 0 aliphatic carbocycles. The van der Waals surface area contributed by atoms with E-state index in [-0.39, 0.29) is 11.9 Å². The van der Waals surface area contributed by atoms with E-state index < -0.39 is 5.82 Å². The highest BCUT2D eigenvalue weighted by atomic mass is 19.1. The Labute approximate surface area is 196 Å². The molecule has 0 amide bonds. The van der Waals surface area contributed by atoms with Crippen LogP contribution in [-0.2, 0) is 6.54 Å². The number of aliphatic hydroxyl groups is 1. The lowest BCUT2D eigenvalue weighted by Crippen LogP contribution is -2.35. The number of para-hydroxylation sites is 2. The maximum atomic E-state index is 14.5. The van der Waals surface area contributed by atoms with Crippen molar-refractivity contribution in [3.63, 3.8) is 0 Å². The topological polar surface area (TPSA) is 50.5 Å². The van der Waals surface area contributed by atoms with E-state index in [1.54, 1.807) is 22.9 Å². The third kappa shape index (κ3) is 6.89. The molecule has 0 aliphatic heterocycles. The predicted molar refractivity (Wildman–Crippen MR) is 130 cm³/mol. The molecule has 0 unspecified atom stereocenters. The number of aliphatic hydroxyl groups excluding tert-OH is 1. The van der Waals surface area contributed by atoms with Gasteiger partial charge >= 0.3 is 0 Å². The number of aromatic nitrogens is 2. The predicted octanol–water partition coefficient (Wildman–Crippen LogP) is 6.12. The Bertz CT molecular complexity index is 1000. The summed E-state index contributed by atoms with van der Waals surface area (Å²) in [6.45, 7) is 10.4. The van der Waals surface area contributed by atoms with Crippen LogP contribution in [0.3, 0.4) is 0 Å². The molecule has 2 aromatic carbocycles. The zero-order valence-corrected chi connectivity index (χ0v) is 20.2. The molecular weight excluding hydrogens is 417 g/mol. The molecule has 0 saturated carbocycles. The first-order valence-corrected chi connectivity index (χ1v) is 11.9. The van der Waals surface area contributed by atoms with Crippen molar-refractivity contribution in [3.8, 4) is 17.3 Å². The Kier molecular flexibility index (Phi) is 9.03. The van der Waals surface area contributed by atoms with Crippen LogP contribution >= 0.6 is 0 Å². The van der Waals surface area contributed by atoms with E-state index >= 15 is 0 Å². The van der Waals surface area contributed by atoms with Gasteiger partial charge in [-0.2, -0.15) is 5.10 Å². The van der Waals surface area contributed by atoms with Crippen molar-refractivity contribution in [2.45, 2.75) is 59.6 Å². The smallest absolute Gasteiger partial charge is 0.227 e. The molecule has 0 aliphatic rings. The summed E-state index contributed by atoms with van der Waals surface area (Å²) >= 11 is 0. The Balaban J connectivity index is 1.98. The van der Waals surface area contributed by atoms with Gasteiger partial charge < -0.3 is 9.84 Å². The zero-order chi connectivity index (χ0) is 23.8. The lowest BCUT2D eigenvalue weighted by atomic mass is 10.1. The second kappa shape index (κ2) is 12.0. The summed E-state index contributed by atoms with van der Waals surface area (Å²) in [7, 11) is 0. The van der Waals surface area contributed by atoms with Crippen LogP contribution in [0.15, 0.2) is 54.6 Å². The van der Waals surface area contributed by atoms with Gasteiger partial charge in [0.2, 0.25) is 5.88 Å². The Morgan fingerprint density at radius 3 is 2.42 bits per heavy atom. The number of nitrogens with zero attached hydrogens (tertiary/aromatic N) is 3. The van der Waals surface area contributed by atoms with Gasteiger partial charge in [0.15, 0.2) is 11.6 Å². The Morgan fingerprint density at radius 2 is 1.76 bits per heavy atom. The number of hydrogen-bond donors (Lipinski definition) is 1. The highest BCUT2D eigenvalue weighted by molar-refractivity contribution is 5.43. The first-order chi connectivity index (χ1) is 15.9. The van der Waals surface area contributed by atoms with Gasteiger partial charge in [-0.25, -0.2) is 9.07 Å². The average Bonchev–Trinajstić information content (AvgIpc) is 3.09. The van der Waals surface area contributed by atoms with Crippen LogP contribution in [-0.4, -0.2) is 39.0 Å². The van der Waals surface area contributed by atoms with Crippen molar-refractivity contribution in [3.05, 3.63) is 71.7 Å². The molecule has 0 saturated heterocycles. The van der Waals surface area contributed by atoms with E-state index in [2.05, 4.69) is 25.7 Å². The SMILES string of the molecule is CCCC[C@@H](O)CN(Cc1c(C)nn(-c2ccccc2)c1Oc1ccccc1F)CC(C)C. The molecule has 0 fully saturated rings. The minimum absolute atomic E-state index is 0.161. The molecule has 3 aromatic rings. The maximum absolute atomic E-state index is 14.5. The van der Waals surface area contributed by atoms with Crippen LogP contribution in [0.25, 0.3) is 5.69 Å². The molecule has 1 atom stereocenters. The maximum Gasteiger partial charge on any atom is 0.227 e. The van der Waals surface area contributed by atoms with Crippen molar-refractivity contribution in [1.82, 2.24) is 14.7 Å². The second-order valence-corrected chi connectivity index (χ2v) is 9.03. The number of aryl methyl sites for hydroxylation is 1. The quantitative estimate of drug-likeness (QED) is 0.359. The van der Waals surface area contributed by atoms with Gasteiger partial charge in [-0.3, -0.25) is 4.90 Å². The van der Waals surface area contributed by atoms with E-state index in [0.29, 0.717) is 24.9 Å². The largest absolute Gasteiger partial charge is 0.435 e. The highest BCUT2D eigenvalue weighted by Crippen LogP contribution is 2.33. The molecule has 33 heavy (non-hydrogen) atoms. The number of ether oxygens (including phenoxy) is 1. The fourth-order valence-corrected chi connectivity index (χ4v) is 3.97. The van der Waals surface area contributed by atoms with Gasteiger partial charge in [-0.1, -0.05) is 63.9 Å². The van der Waals surface area contributed by atoms with Crippen LogP contribution in [0, 0.1) is 18.7 Å². The van der Waals surface area contributed by atoms with Crippen LogP contribution in [0.2, 0.25) is 0 Å². The first-order valence-electron chi connectivity index (χ1n) is 11.9. The van der Waals surface area contributed by atoms with Crippen LogP contribution < -0.4 is 4.74 Å². The molecule has 1 N–H and O–H groups in total. The number of unbranched alkanes of at least 4 members (excludes halogenated alkanes) is 1. The monoisotopic (exact) mass is 453 g/mol.